The average molecular weight is 641 g/mol. The minimum atomic E-state index is -3.60. The van der Waals surface area contributed by atoms with Crippen LogP contribution >= 0.6 is 22.6 Å². The van der Waals surface area contributed by atoms with Gasteiger partial charge in [0.2, 0.25) is 10.0 Å². The Morgan fingerprint density at radius 2 is 1.89 bits per heavy atom. The molecule has 0 saturated carbocycles. The summed E-state index contributed by atoms with van der Waals surface area (Å²) in [5.74, 6) is -0.368. The summed E-state index contributed by atoms with van der Waals surface area (Å²) in [4.78, 5) is 40.4. The predicted molar refractivity (Wildman–Crippen MR) is 151 cm³/mol. The van der Waals surface area contributed by atoms with Crippen LogP contribution in [0.2, 0.25) is 0 Å². The molecule has 2 N–H and O–H groups in total. The van der Waals surface area contributed by atoms with E-state index in [1.807, 2.05) is 28.7 Å². The second-order valence-electron chi connectivity index (χ2n) is 8.70. The zero-order chi connectivity index (χ0) is 27.2. The highest BCUT2D eigenvalue weighted by Gasteiger charge is 2.26. The number of aromatic nitrogens is 3. The van der Waals surface area contributed by atoms with Gasteiger partial charge in [0.25, 0.3) is 11.1 Å². The lowest BCUT2D eigenvalue weighted by atomic mass is 10.1. The van der Waals surface area contributed by atoms with E-state index in [4.69, 9.17) is 0 Å². The predicted octanol–water partition coefficient (Wildman–Crippen LogP) is 2.91. The third-order valence-corrected chi connectivity index (χ3v) is 7.44. The molecule has 2 heterocycles. The van der Waals surface area contributed by atoms with Gasteiger partial charge in [-0.3, -0.25) is 28.0 Å². The molecule has 4 rings (SSSR count). The van der Waals surface area contributed by atoms with Gasteiger partial charge in [0, 0.05) is 22.7 Å². The van der Waals surface area contributed by atoms with Crippen LogP contribution in [-0.2, 0) is 23.6 Å². The number of pyridine rings is 1. The van der Waals surface area contributed by atoms with Gasteiger partial charge >= 0.3 is 5.69 Å². The number of sulfonamides is 1. The van der Waals surface area contributed by atoms with Crippen molar-refractivity contribution >= 4 is 55.0 Å². The van der Waals surface area contributed by atoms with Crippen LogP contribution in [0.4, 0.5) is 15.9 Å². The van der Waals surface area contributed by atoms with E-state index in [1.54, 1.807) is 19.1 Å². The maximum absolute atomic E-state index is 14.8. The van der Waals surface area contributed by atoms with Crippen LogP contribution in [0.15, 0.2) is 60.2 Å². The molecule has 0 fully saturated rings. The average Bonchev–Trinajstić information content (AvgIpc) is 2.81. The lowest BCUT2D eigenvalue weighted by Crippen LogP contribution is -2.41. The van der Waals surface area contributed by atoms with Crippen molar-refractivity contribution in [2.24, 2.45) is 7.05 Å². The molecule has 1 unspecified atom stereocenters. The van der Waals surface area contributed by atoms with E-state index in [0.29, 0.717) is 6.42 Å². The Morgan fingerprint density at radius 1 is 1.19 bits per heavy atom. The van der Waals surface area contributed by atoms with Gasteiger partial charge in [-0.2, -0.15) is 0 Å². The number of rotatable bonds is 6. The van der Waals surface area contributed by atoms with Gasteiger partial charge in [0.1, 0.15) is 17.0 Å². The maximum Gasteiger partial charge on any atom is 0.336 e. The molecule has 0 bridgehead atoms. The van der Waals surface area contributed by atoms with Crippen LogP contribution in [0.25, 0.3) is 16.6 Å². The lowest BCUT2D eigenvalue weighted by Gasteiger charge is -2.24. The molecule has 3 aromatic rings. The van der Waals surface area contributed by atoms with Crippen molar-refractivity contribution in [1.82, 2.24) is 13.7 Å². The van der Waals surface area contributed by atoms with Crippen LogP contribution in [0.3, 0.4) is 0 Å². The first kappa shape index (κ1) is 26.9. The van der Waals surface area contributed by atoms with E-state index in [0.717, 1.165) is 14.4 Å². The van der Waals surface area contributed by atoms with Gasteiger partial charge in [0.15, 0.2) is 0 Å². The van der Waals surface area contributed by atoms with Crippen LogP contribution in [0.5, 0.6) is 0 Å². The summed E-state index contributed by atoms with van der Waals surface area (Å²) in [7, 11) is -2.13. The number of halogens is 2. The molecule has 0 amide bonds. The molecule has 2 aromatic heterocycles. The normalized spacial score (nSPS) is 15.9. The number of nitrogens with zero attached hydrogens (tertiary/aromatic N) is 3. The Balaban J connectivity index is 2.10. The molecule has 0 spiro atoms. The molecule has 1 aliphatic rings. The first-order chi connectivity index (χ1) is 17.3. The van der Waals surface area contributed by atoms with Gasteiger partial charge in [-0.25, -0.2) is 17.6 Å². The number of fused-ring (bicyclic) bond motifs is 1. The second-order valence-corrected chi connectivity index (χ2v) is 11.7. The zero-order valence-corrected chi connectivity index (χ0v) is 23.5. The highest BCUT2D eigenvalue weighted by molar-refractivity contribution is 14.1. The van der Waals surface area contributed by atoms with E-state index < -0.39 is 38.7 Å². The summed E-state index contributed by atoms with van der Waals surface area (Å²) >= 11 is 2.01. The summed E-state index contributed by atoms with van der Waals surface area (Å²) in [6, 6.07) is 5.26. The molecule has 0 saturated heterocycles. The Hall–Kier alpha value is -3.20. The van der Waals surface area contributed by atoms with Gasteiger partial charge in [-0.05, 0) is 67.1 Å². The van der Waals surface area contributed by atoms with Gasteiger partial charge in [0.05, 0.1) is 29.2 Å². The monoisotopic (exact) mass is 641 g/mol. The fourth-order valence-electron chi connectivity index (χ4n) is 4.38. The fourth-order valence-corrected chi connectivity index (χ4v) is 5.49. The van der Waals surface area contributed by atoms with Crippen molar-refractivity contribution in [1.29, 1.82) is 0 Å². The number of hydrogen-bond acceptors (Lipinski definition) is 6. The number of allylic oxidation sites excluding steroid dienone is 2. The van der Waals surface area contributed by atoms with Crippen LogP contribution < -0.4 is 26.8 Å². The minimum Gasteiger partial charge on any atom is -0.361 e. The maximum atomic E-state index is 14.8. The third-order valence-electron chi connectivity index (χ3n) is 6.09. The fraction of sp³-hybridized carbons (Fsp3) is 0.292. The molecular weight excluding hydrogens is 616 g/mol. The summed E-state index contributed by atoms with van der Waals surface area (Å²) in [6.45, 7) is 3.18. The number of nitrogens with one attached hydrogen (secondary N) is 2. The Morgan fingerprint density at radius 3 is 2.51 bits per heavy atom. The Kier molecular flexibility index (Phi) is 7.21. The van der Waals surface area contributed by atoms with E-state index in [2.05, 4.69) is 10.0 Å². The Bertz CT molecular complexity index is 1790. The van der Waals surface area contributed by atoms with Crippen LogP contribution in [0.1, 0.15) is 18.9 Å². The highest BCUT2D eigenvalue weighted by atomic mass is 127. The van der Waals surface area contributed by atoms with Crippen molar-refractivity contribution in [2.45, 2.75) is 32.9 Å². The molecule has 37 heavy (non-hydrogen) atoms. The zero-order valence-electron chi connectivity index (χ0n) is 20.5. The SMILES string of the molecule is CCn1c(=O)c2c(NC3CC=C(I)C=C3F)n(C)c(=O)c(C)c2n(-c2cccc(NS(C)(=O)=O)c2)c1=O. The summed E-state index contributed by atoms with van der Waals surface area (Å²) < 4.78 is 44.9. The highest BCUT2D eigenvalue weighted by Crippen LogP contribution is 2.29. The molecule has 1 aliphatic carbocycles. The molecule has 10 nitrogen and oxygen atoms in total. The molecule has 196 valence electrons. The van der Waals surface area contributed by atoms with E-state index in [1.165, 1.54) is 41.3 Å². The van der Waals surface area contributed by atoms with Crippen molar-refractivity contribution in [3.63, 3.8) is 0 Å². The van der Waals surface area contributed by atoms with E-state index >= 15 is 0 Å². The first-order valence-corrected chi connectivity index (χ1v) is 14.3. The second kappa shape index (κ2) is 9.93. The largest absolute Gasteiger partial charge is 0.361 e. The van der Waals surface area contributed by atoms with Gasteiger partial charge in [-0.1, -0.05) is 12.1 Å². The van der Waals surface area contributed by atoms with Crippen molar-refractivity contribution < 1.29 is 12.8 Å². The summed E-state index contributed by atoms with van der Waals surface area (Å²) in [5.41, 5.74) is -1.16. The standard InChI is InChI=1S/C24H25FIN5O5S/c1-5-30-23(33)19-20(31(24(30)34)16-8-6-7-15(12-16)28-37(4,35)36)13(2)22(32)29(3)21(19)27-18-10-9-14(26)11-17(18)25/h6-9,11-12,18,27-28H,5,10H2,1-4H3. The van der Waals surface area contributed by atoms with Crippen LogP contribution in [0, 0.1) is 6.92 Å². The third kappa shape index (κ3) is 5.01. The quantitative estimate of drug-likeness (QED) is 0.399. The van der Waals surface area contributed by atoms with Crippen molar-refractivity contribution in [3.05, 3.63) is 82.6 Å². The van der Waals surface area contributed by atoms with Crippen LogP contribution in [-0.4, -0.2) is 34.4 Å². The smallest absolute Gasteiger partial charge is 0.336 e. The van der Waals surface area contributed by atoms with Crippen molar-refractivity contribution in [3.8, 4) is 5.69 Å². The topological polar surface area (TPSA) is 124 Å². The van der Waals surface area contributed by atoms with Gasteiger partial charge in [-0.15, -0.1) is 0 Å². The first-order valence-electron chi connectivity index (χ1n) is 11.3. The van der Waals surface area contributed by atoms with Crippen molar-refractivity contribution in [2.75, 3.05) is 16.3 Å². The van der Waals surface area contributed by atoms with E-state index in [9.17, 15) is 27.2 Å². The van der Waals surface area contributed by atoms with E-state index in [-0.39, 0.29) is 40.2 Å². The number of aryl methyl sites for hydroxylation is 1. The minimum absolute atomic E-state index is 0.0365. The molecule has 1 aromatic carbocycles. The summed E-state index contributed by atoms with van der Waals surface area (Å²) in [5, 5.41) is 3.06. The number of benzene rings is 1. The lowest BCUT2D eigenvalue weighted by molar-refractivity contribution is 0.552. The summed E-state index contributed by atoms with van der Waals surface area (Å²) in [6.07, 6.45) is 4.50. The number of hydrogen-bond donors (Lipinski definition) is 2. The number of anilines is 2. The Labute approximate surface area is 225 Å². The molecule has 1 atom stereocenters. The molecule has 13 heteroatoms. The molecule has 0 radical (unpaired) electrons. The molecular formula is C24H25FIN5O5S. The molecule has 0 aliphatic heterocycles. The van der Waals surface area contributed by atoms with Gasteiger partial charge < -0.3 is 5.32 Å².